The molecule has 0 spiro atoms. The smallest absolute Gasteiger partial charge is 0.306 e. The maximum Gasteiger partial charge on any atom is 0.306 e. The summed E-state index contributed by atoms with van der Waals surface area (Å²) >= 11 is 0. The maximum atomic E-state index is 12.0. The van der Waals surface area contributed by atoms with E-state index in [0.717, 1.165) is 16.7 Å². The van der Waals surface area contributed by atoms with Crippen molar-refractivity contribution < 1.29 is 19.4 Å². The highest BCUT2D eigenvalue weighted by molar-refractivity contribution is 5.80. The molecule has 0 saturated heterocycles. The summed E-state index contributed by atoms with van der Waals surface area (Å²) in [7, 11) is 0. The van der Waals surface area contributed by atoms with Crippen molar-refractivity contribution in [1.82, 2.24) is 5.32 Å². The Balaban J connectivity index is 2.89. The van der Waals surface area contributed by atoms with Gasteiger partial charge in [-0.1, -0.05) is 53.7 Å². The first-order chi connectivity index (χ1) is 12.2. The molecule has 0 aliphatic heterocycles. The van der Waals surface area contributed by atoms with E-state index in [1.165, 1.54) is 0 Å². The van der Waals surface area contributed by atoms with Gasteiger partial charge < -0.3 is 15.2 Å². The van der Waals surface area contributed by atoms with Gasteiger partial charge in [-0.05, 0) is 47.8 Å². The molecular formula is C22H35NO4. The second-order valence-corrected chi connectivity index (χ2v) is 9.42. The van der Waals surface area contributed by atoms with Crippen molar-refractivity contribution in [2.45, 2.75) is 85.1 Å². The molecule has 5 nitrogen and oxygen atoms in total. The second kappa shape index (κ2) is 8.77. The number of aryl methyl sites for hydroxylation is 1. The van der Waals surface area contributed by atoms with Crippen molar-refractivity contribution in [2.75, 3.05) is 6.61 Å². The molecule has 0 radical (unpaired) electrons. The molecular weight excluding hydrogens is 342 g/mol. The molecule has 0 bridgehead atoms. The van der Waals surface area contributed by atoms with Crippen LogP contribution in [0.4, 0.5) is 0 Å². The number of carbonyl (C=O) groups excluding carboxylic acids is 2. The molecule has 0 aliphatic rings. The number of benzene rings is 1. The van der Waals surface area contributed by atoms with Crippen LogP contribution < -0.4 is 5.32 Å². The SMILES string of the molecule is CC(C)NC(=O)COC(=O)CCc1cc(C(C)(C)C)c(O)c(C(C)(C)C)c1. The van der Waals surface area contributed by atoms with Gasteiger partial charge in [0.05, 0.1) is 0 Å². The van der Waals surface area contributed by atoms with E-state index in [4.69, 9.17) is 4.74 Å². The zero-order valence-corrected chi connectivity index (χ0v) is 18.0. The number of ether oxygens (including phenoxy) is 1. The van der Waals surface area contributed by atoms with Gasteiger partial charge in [0.1, 0.15) is 5.75 Å². The standard InChI is InChI=1S/C22H35NO4/c1-14(2)23-18(24)13-27-19(25)10-9-15-11-16(21(3,4)5)20(26)17(12-15)22(6,7)8/h11-12,14,26H,9-10,13H2,1-8H3,(H,23,24). The van der Waals surface area contributed by atoms with Crippen LogP contribution in [0.2, 0.25) is 0 Å². The summed E-state index contributed by atoms with van der Waals surface area (Å²) in [5.74, 6) is -0.378. The lowest BCUT2D eigenvalue weighted by Crippen LogP contribution is -2.34. The van der Waals surface area contributed by atoms with Crippen LogP contribution in [0.25, 0.3) is 0 Å². The van der Waals surface area contributed by atoms with Crippen LogP contribution in [0.1, 0.15) is 78.5 Å². The van der Waals surface area contributed by atoms with Crippen LogP contribution in [0.3, 0.4) is 0 Å². The fraction of sp³-hybridized carbons (Fsp3) is 0.636. The zero-order chi connectivity index (χ0) is 21.0. The Bertz CT molecular complexity index is 644. The van der Waals surface area contributed by atoms with Crippen molar-refractivity contribution in [2.24, 2.45) is 0 Å². The van der Waals surface area contributed by atoms with Crippen LogP contribution in [0.15, 0.2) is 12.1 Å². The van der Waals surface area contributed by atoms with Gasteiger partial charge in [0.15, 0.2) is 6.61 Å². The summed E-state index contributed by atoms with van der Waals surface area (Å²) < 4.78 is 5.04. The minimum atomic E-state index is -0.406. The Labute approximate surface area is 163 Å². The van der Waals surface area contributed by atoms with Gasteiger partial charge in [0.2, 0.25) is 0 Å². The second-order valence-electron chi connectivity index (χ2n) is 9.42. The molecule has 0 aromatic heterocycles. The lowest BCUT2D eigenvalue weighted by molar-refractivity contribution is -0.148. The number of amides is 1. The Morgan fingerprint density at radius 3 is 1.93 bits per heavy atom. The molecule has 1 aromatic rings. The van der Waals surface area contributed by atoms with Gasteiger partial charge >= 0.3 is 5.97 Å². The third-order valence-corrected chi connectivity index (χ3v) is 4.22. The molecule has 27 heavy (non-hydrogen) atoms. The summed E-state index contributed by atoms with van der Waals surface area (Å²) in [6.07, 6.45) is 0.684. The summed E-state index contributed by atoms with van der Waals surface area (Å²) in [4.78, 5) is 23.5. The number of esters is 1. The molecule has 1 aromatic carbocycles. The molecule has 0 heterocycles. The lowest BCUT2D eigenvalue weighted by Gasteiger charge is -2.28. The number of hydrogen-bond donors (Lipinski definition) is 2. The highest BCUT2D eigenvalue weighted by Gasteiger charge is 2.26. The number of nitrogens with one attached hydrogen (secondary N) is 1. The molecule has 152 valence electrons. The third kappa shape index (κ3) is 7.24. The summed E-state index contributed by atoms with van der Waals surface area (Å²) in [5, 5.41) is 13.4. The van der Waals surface area contributed by atoms with E-state index >= 15 is 0 Å². The normalized spacial score (nSPS) is 12.2. The van der Waals surface area contributed by atoms with E-state index in [-0.39, 0.29) is 35.8 Å². The number of phenols is 1. The molecule has 1 rings (SSSR count). The van der Waals surface area contributed by atoms with Gasteiger partial charge in [0, 0.05) is 12.5 Å². The van der Waals surface area contributed by atoms with E-state index < -0.39 is 5.97 Å². The van der Waals surface area contributed by atoms with Crippen molar-refractivity contribution in [3.05, 3.63) is 28.8 Å². The Morgan fingerprint density at radius 2 is 1.52 bits per heavy atom. The third-order valence-electron chi connectivity index (χ3n) is 4.22. The fourth-order valence-corrected chi connectivity index (χ4v) is 2.81. The van der Waals surface area contributed by atoms with Crippen molar-refractivity contribution in [3.63, 3.8) is 0 Å². The van der Waals surface area contributed by atoms with Crippen molar-refractivity contribution >= 4 is 11.9 Å². The molecule has 1 amide bonds. The van der Waals surface area contributed by atoms with Gasteiger partial charge in [-0.15, -0.1) is 0 Å². The number of aromatic hydroxyl groups is 1. The van der Waals surface area contributed by atoms with E-state index in [1.54, 1.807) is 0 Å². The van der Waals surface area contributed by atoms with Crippen LogP contribution in [-0.2, 0) is 31.6 Å². The Hall–Kier alpha value is -2.04. The number of carbonyl (C=O) groups is 2. The van der Waals surface area contributed by atoms with Gasteiger partial charge in [-0.2, -0.15) is 0 Å². The molecule has 0 fully saturated rings. The first-order valence-corrected chi connectivity index (χ1v) is 9.53. The predicted molar refractivity (Wildman–Crippen MR) is 108 cm³/mol. The summed E-state index contributed by atoms with van der Waals surface area (Å²) in [5.41, 5.74) is 2.29. The quantitative estimate of drug-likeness (QED) is 0.735. The molecule has 0 aliphatic carbocycles. The van der Waals surface area contributed by atoms with E-state index in [9.17, 15) is 14.7 Å². The van der Waals surface area contributed by atoms with Gasteiger partial charge in [-0.3, -0.25) is 9.59 Å². The largest absolute Gasteiger partial charge is 0.507 e. The van der Waals surface area contributed by atoms with E-state index in [0.29, 0.717) is 12.2 Å². The number of rotatable bonds is 6. The number of phenolic OH excluding ortho intramolecular Hbond substituents is 1. The molecule has 0 unspecified atom stereocenters. The minimum Gasteiger partial charge on any atom is -0.507 e. The van der Waals surface area contributed by atoms with Gasteiger partial charge in [0.25, 0.3) is 5.91 Å². The fourth-order valence-electron chi connectivity index (χ4n) is 2.81. The van der Waals surface area contributed by atoms with Crippen LogP contribution >= 0.6 is 0 Å². The Kier molecular flexibility index (Phi) is 7.47. The first-order valence-electron chi connectivity index (χ1n) is 9.53. The summed E-state index contributed by atoms with van der Waals surface area (Å²) in [6.45, 7) is 15.8. The highest BCUT2D eigenvalue weighted by atomic mass is 16.5. The Morgan fingerprint density at radius 1 is 1.04 bits per heavy atom. The molecule has 0 saturated carbocycles. The maximum absolute atomic E-state index is 12.0. The zero-order valence-electron chi connectivity index (χ0n) is 18.0. The van der Waals surface area contributed by atoms with Crippen molar-refractivity contribution in [3.8, 4) is 5.75 Å². The first kappa shape index (κ1) is 23.0. The monoisotopic (exact) mass is 377 g/mol. The lowest BCUT2D eigenvalue weighted by atomic mass is 9.78. The average molecular weight is 378 g/mol. The molecule has 0 atom stereocenters. The van der Waals surface area contributed by atoms with Crippen molar-refractivity contribution in [1.29, 1.82) is 0 Å². The summed E-state index contributed by atoms with van der Waals surface area (Å²) in [6, 6.07) is 3.94. The van der Waals surface area contributed by atoms with Gasteiger partial charge in [-0.25, -0.2) is 0 Å². The molecule has 2 N–H and O–H groups in total. The topological polar surface area (TPSA) is 75.6 Å². The average Bonchev–Trinajstić information content (AvgIpc) is 2.48. The van der Waals surface area contributed by atoms with Crippen LogP contribution in [0.5, 0.6) is 5.75 Å². The van der Waals surface area contributed by atoms with Crippen LogP contribution in [0, 0.1) is 0 Å². The van der Waals surface area contributed by atoms with Crippen LogP contribution in [-0.4, -0.2) is 29.6 Å². The predicted octanol–water partition coefficient (Wildman–Crippen LogP) is 3.99. The van der Waals surface area contributed by atoms with E-state index in [1.807, 2.05) is 26.0 Å². The highest BCUT2D eigenvalue weighted by Crippen LogP contribution is 2.39. The number of hydrogen-bond acceptors (Lipinski definition) is 4. The molecule has 5 heteroatoms. The minimum absolute atomic E-state index is 0.0137. The van der Waals surface area contributed by atoms with E-state index in [2.05, 4.69) is 46.9 Å².